The van der Waals surface area contributed by atoms with Gasteiger partial charge in [0.05, 0.1) is 11.6 Å². The monoisotopic (exact) mass is 310 g/mol. The van der Waals surface area contributed by atoms with Crippen molar-refractivity contribution >= 4 is 11.6 Å². The molecule has 1 unspecified atom stereocenters. The Morgan fingerprint density at radius 3 is 2.38 bits per heavy atom. The molecule has 118 valence electrons. The van der Waals surface area contributed by atoms with Gasteiger partial charge in [0.1, 0.15) is 0 Å². The normalized spacial score (nSPS) is 22.0. The average molecular weight is 311 g/mol. The molecule has 3 N–H and O–H groups in total. The number of hydrazine groups is 1. The number of hydrogen-bond acceptors (Lipinski definition) is 3. The van der Waals surface area contributed by atoms with Crippen LogP contribution >= 0.6 is 11.6 Å². The molecule has 0 spiro atoms. The molecule has 1 aliphatic rings. The van der Waals surface area contributed by atoms with E-state index in [1.165, 1.54) is 0 Å². The van der Waals surface area contributed by atoms with E-state index < -0.39 is 0 Å². The molecule has 3 nitrogen and oxygen atoms in total. The summed E-state index contributed by atoms with van der Waals surface area (Å²) in [4.78, 5) is 0. The lowest BCUT2D eigenvalue weighted by atomic mass is 9.67. The summed E-state index contributed by atoms with van der Waals surface area (Å²) in [5.41, 5.74) is 4.10. The number of halogens is 1. The zero-order valence-corrected chi connectivity index (χ0v) is 14.0. The lowest BCUT2D eigenvalue weighted by molar-refractivity contribution is -0.108. The fourth-order valence-electron chi connectivity index (χ4n) is 3.39. The zero-order chi connectivity index (χ0) is 15.5. The lowest BCUT2D eigenvalue weighted by Crippen LogP contribution is -2.51. The summed E-state index contributed by atoms with van der Waals surface area (Å²) in [5, 5.41) is 0.740. The van der Waals surface area contributed by atoms with E-state index in [0.717, 1.165) is 36.3 Å². The fraction of sp³-hybridized carbons (Fsp3) is 0.647. The van der Waals surface area contributed by atoms with E-state index in [1.54, 1.807) is 0 Å². The second kappa shape index (κ2) is 6.66. The van der Waals surface area contributed by atoms with E-state index in [-0.39, 0.29) is 11.6 Å². The largest absolute Gasteiger partial charge is 0.373 e. The van der Waals surface area contributed by atoms with Gasteiger partial charge in [0.25, 0.3) is 0 Å². The summed E-state index contributed by atoms with van der Waals surface area (Å²) >= 11 is 6.38. The van der Waals surface area contributed by atoms with Crippen LogP contribution in [0.5, 0.6) is 0 Å². The molecule has 1 atom stereocenters. The lowest BCUT2D eigenvalue weighted by Gasteiger charge is -2.47. The third-order valence-electron chi connectivity index (χ3n) is 4.79. The summed E-state index contributed by atoms with van der Waals surface area (Å²) in [6.45, 7) is 7.37. The second-order valence-corrected chi connectivity index (χ2v) is 7.19. The topological polar surface area (TPSA) is 47.3 Å². The molecule has 0 saturated heterocycles. The maximum atomic E-state index is 6.38. The van der Waals surface area contributed by atoms with E-state index in [9.17, 15) is 0 Å². The van der Waals surface area contributed by atoms with E-state index in [4.69, 9.17) is 22.2 Å². The van der Waals surface area contributed by atoms with E-state index in [0.29, 0.717) is 12.0 Å². The van der Waals surface area contributed by atoms with Gasteiger partial charge < -0.3 is 4.74 Å². The van der Waals surface area contributed by atoms with Crippen LogP contribution in [0.15, 0.2) is 24.3 Å². The van der Waals surface area contributed by atoms with Crippen LogP contribution in [0, 0.1) is 5.41 Å². The van der Waals surface area contributed by atoms with Gasteiger partial charge in [-0.25, -0.2) is 0 Å². The minimum absolute atomic E-state index is 0.0813. The van der Waals surface area contributed by atoms with Crippen molar-refractivity contribution in [1.82, 2.24) is 5.43 Å². The van der Waals surface area contributed by atoms with E-state index in [2.05, 4.69) is 19.3 Å². The van der Waals surface area contributed by atoms with Crippen LogP contribution < -0.4 is 11.3 Å². The molecule has 1 saturated carbocycles. The van der Waals surface area contributed by atoms with Crippen molar-refractivity contribution < 1.29 is 4.74 Å². The predicted octanol–water partition coefficient (Wildman–Crippen LogP) is 4.22. The summed E-state index contributed by atoms with van der Waals surface area (Å²) in [6.07, 6.45) is 4.26. The van der Waals surface area contributed by atoms with Crippen LogP contribution in [0.3, 0.4) is 0 Å². The third-order valence-corrected chi connectivity index (χ3v) is 5.13. The number of ether oxygens (including phenoxy) is 1. The quantitative estimate of drug-likeness (QED) is 0.632. The van der Waals surface area contributed by atoms with Crippen molar-refractivity contribution in [3.05, 3.63) is 34.9 Å². The summed E-state index contributed by atoms with van der Waals surface area (Å²) in [5.74, 6) is 5.90. The maximum Gasteiger partial charge on any atom is 0.0890 e. The molecular weight excluding hydrogens is 284 g/mol. The number of nitrogens with one attached hydrogen (secondary N) is 1. The first kappa shape index (κ1) is 16.8. The van der Waals surface area contributed by atoms with Crippen LogP contribution in [0.4, 0.5) is 0 Å². The molecule has 1 fully saturated rings. The number of nitrogens with two attached hydrogens (primary N) is 1. The Kier molecular flexibility index (Phi) is 5.31. The molecule has 0 aromatic heterocycles. The summed E-state index contributed by atoms with van der Waals surface area (Å²) < 4.78 is 6.23. The van der Waals surface area contributed by atoms with Crippen molar-refractivity contribution in [3.63, 3.8) is 0 Å². The zero-order valence-electron chi connectivity index (χ0n) is 13.3. The van der Waals surface area contributed by atoms with Gasteiger partial charge in [-0.2, -0.15) is 0 Å². The minimum atomic E-state index is -0.274. The predicted molar refractivity (Wildman–Crippen MR) is 88.1 cm³/mol. The molecule has 1 aromatic carbocycles. The van der Waals surface area contributed by atoms with Crippen LogP contribution in [0.1, 0.15) is 58.1 Å². The molecular formula is C17H27ClN2O. The molecule has 1 aliphatic carbocycles. The molecule has 21 heavy (non-hydrogen) atoms. The van der Waals surface area contributed by atoms with Crippen LogP contribution in [0.2, 0.25) is 5.02 Å². The molecule has 0 amide bonds. The summed E-state index contributed by atoms with van der Waals surface area (Å²) in [7, 11) is 0. The van der Waals surface area contributed by atoms with E-state index in [1.807, 2.05) is 31.2 Å². The van der Waals surface area contributed by atoms with Gasteiger partial charge >= 0.3 is 0 Å². The van der Waals surface area contributed by atoms with Crippen molar-refractivity contribution in [2.45, 2.75) is 58.1 Å². The molecule has 2 rings (SSSR count). The highest BCUT2D eigenvalue weighted by Crippen LogP contribution is 2.48. The second-order valence-electron chi connectivity index (χ2n) is 6.78. The fourth-order valence-corrected chi connectivity index (χ4v) is 3.63. The third kappa shape index (κ3) is 3.59. The van der Waals surface area contributed by atoms with Crippen LogP contribution in [-0.4, -0.2) is 12.2 Å². The van der Waals surface area contributed by atoms with Crippen molar-refractivity contribution in [2.75, 3.05) is 6.61 Å². The van der Waals surface area contributed by atoms with Crippen molar-refractivity contribution in [3.8, 4) is 0 Å². The van der Waals surface area contributed by atoms with Crippen molar-refractivity contribution in [1.29, 1.82) is 0 Å². The van der Waals surface area contributed by atoms with Gasteiger partial charge in [0.15, 0.2) is 0 Å². The van der Waals surface area contributed by atoms with Crippen molar-refractivity contribution in [2.24, 2.45) is 11.3 Å². The molecule has 1 aromatic rings. The Morgan fingerprint density at radius 1 is 1.24 bits per heavy atom. The van der Waals surface area contributed by atoms with Crippen LogP contribution in [-0.2, 0) is 4.74 Å². The maximum absolute atomic E-state index is 6.38. The Balaban J connectivity index is 2.34. The minimum Gasteiger partial charge on any atom is -0.373 e. The van der Waals surface area contributed by atoms with E-state index >= 15 is 0 Å². The Labute approximate surface area is 133 Å². The van der Waals surface area contributed by atoms with Gasteiger partial charge in [0.2, 0.25) is 0 Å². The van der Waals surface area contributed by atoms with Gasteiger partial charge in [-0.15, -0.1) is 0 Å². The van der Waals surface area contributed by atoms with Gasteiger partial charge in [-0.3, -0.25) is 11.3 Å². The standard InChI is InChI=1S/C17H27ClN2O/c1-4-21-17(11-9-16(2,3)10-12-17)15(20-19)13-7-5-6-8-14(13)18/h5-8,15,20H,4,9-12,19H2,1-3H3. The van der Waals surface area contributed by atoms with Gasteiger partial charge in [0, 0.05) is 11.6 Å². The highest BCUT2D eigenvalue weighted by molar-refractivity contribution is 6.31. The molecule has 0 aliphatic heterocycles. The highest BCUT2D eigenvalue weighted by atomic mass is 35.5. The SMILES string of the molecule is CCOC1(C(NN)c2ccccc2Cl)CCC(C)(C)CC1. The molecule has 4 heteroatoms. The Hall–Kier alpha value is -0.610. The number of rotatable bonds is 5. The average Bonchev–Trinajstić information content (AvgIpc) is 2.45. The number of hydrogen-bond donors (Lipinski definition) is 2. The van der Waals surface area contributed by atoms with Crippen LogP contribution in [0.25, 0.3) is 0 Å². The molecule has 0 radical (unpaired) electrons. The first-order chi connectivity index (χ1) is 9.94. The first-order valence-corrected chi connectivity index (χ1v) is 8.16. The van der Waals surface area contributed by atoms with Gasteiger partial charge in [-0.05, 0) is 49.7 Å². The summed E-state index contributed by atoms with van der Waals surface area (Å²) in [6, 6.07) is 7.80. The molecule has 0 bridgehead atoms. The number of benzene rings is 1. The Bertz CT molecular complexity index is 466. The molecule has 0 heterocycles. The smallest absolute Gasteiger partial charge is 0.0890 e. The highest BCUT2D eigenvalue weighted by Gasteiger charge is 2.45. The van der Waals surface area contributed by atoms with Gasteiger partial charge in [-0.1, -0.05) is 43.6 Å². The first-order valence-electron chi connectivity index (χ1n) is 7.79. The Morgan fingerprint density at radius 2 is 1.86 bits per heavy atom.